The molecule has 0 bridgehead atoms. The molecule has 1 aromatic carbocycles. The van der Waals surface area contributed by atoms with Gasteiger partial charge in [-0.1, -0.05) is 0 Å². The smallest absolute Gasteiger partial charge is 0.230 e. The zero-order valence-corrected chi connectivity index (χ0v) is 10.6. The Bertz CT molecular complexity index is 582. The van der Waals surface area contributed by atoms with Crippen molar-refractivity contribution < 1.29 is 9.18 Å². The molecule has 18 heavy (non-hydrogen) atoms. The molecule has 0 radical (unpaired) electrons. The summed E-state index contributed by atoms with van der Waals surface area (Å²) in [5.41, 5.74) is 6.96. The molecule has 0 atom stereocenters. The lowest BCUT2D eigenvalue weighted by molar-refractivity contribution is -0.115. The molecule has 4 nitrogen and oxygen atoms in total. The van der Waals surface area contributed by atoms with E-state index in [1.807, 2.05) is 12.3 Å². The van der Waals surface area contributed by atoms with E-state index in [1.54, 1.807) is 0 Å². The lowest BCUT2D eigenvalue weighted by atomic mass is 10.2. The van der Waals surface area contributed by atoms with Crippen molar-refractivity contribution in [1.82, 2.24) is 4.98 Å². The molecule has 3 N–H and O–H groups in total. The maximum absolute atomic E-state index is 13.0. The number of amides is 1. The largest absolute Gasteiger partial charge is 0.397 e. The van der Waals surface area contributed by atoms with Gasteiger partial charge in [0.05, 0.1) is 28.5 Å². The summed E-state index contributed by atoms with van der Waals surface area (Å²) in [6, 6.07) is 3.85. The van der Waals surface area contributed by atoms with E-state index in [0.29, 0.717) is 11.4 Å². The first-order chi connectivity index (χ1) is 8.54. The Hall–Kier alpha value is -1.95. The number of nitrogens with one attached hydrogen (secondary N) is 1. The predicted molar refractivity (Wildman–Crippen MR) is 70.0 cm³/mol. The Balaban J connectivity index is 2.05. The van der Waals surface area contributed by atoms with E-state index in [2.05, 4.69) is 10.3 Å². The molecule has 94 valence electrons. The van der Waals surface area contributed by atoms with Crippen molar-refractivity contribution in [1.29, 1.82) is 0 Å². The third-order valence-corrected chi connectivity index (χ3v) is 3.12. The van der Waals surface area contributed by atoms with Gasteiger partial charge in [0.2, 0.25) is 5.91 Å². The summed E-state index contributed by atoms with van der Waals surface area (Å²) in [6.07, 6.45) is 0.153. The fraction of sp³-hybridized carbons (Fsp3) is 0.167. The van der Waals surface area contributed by atoms with Crippen LogP contribution in [0, 0.1) is 12.7 Å². The summed E-state index contributed by atoms with van der Waals surface area (Å²) in [5, 5.41) is 5.30. The van der Waals surface area contributed by atoms with Crippen molar-refractivity contribution in [2.45, 2.75) is 13.3 Å². The summed E-state index contributed by atoms with van der Waals surface area (Å²) in [5.74, 6) is -0.707. The number of rotatable bonds is 3. The monoisotopic (exact) mass is 265 g/mol. The number of nitrogen functional groups attached to an aromatic ring is 1. The molecule has 0 unspecified atom stereocenters. The Labute approximate surface area is 108 Å². The number of carbonyl (C=O) groups excluding carboxylic acids is 1. The van der Waals surface area contributed by atoms with Crippen LogP contribution in [-0.4, -0.2) is 10.9 Å². The van der Waals surface area contributed by atoms with E-state index < -0.39 is 5.82 Å². The molecule has 0 saturated heterocycles. The lowest BCUT2D eigenvalue weighted by Crippen LogP contribution is -2.15. The van der Waals surface area contributed by atoms with Gasteiger partial charge in [0, 0.05) is 5.38 Å². The average Bonchev–Trinajstić information content (AvgIpc) is 2.69. The number of aromatic nitrogens is 1. The fourth-order valence-corrected chi connectivity index (χ4v) is 2.10. The Morgan fingerprint density at radius 3 is 3.00 bits per heavy atom. The van der Waals surface area contributed by atoms with Gasteiger partial charge in [-0.25, -0.2) is 9.37 Å². The van der Waals surface area contributed by atoms with Crippen LogP contribution in [0.3, 0.4) is 0 Å². The Morgan fingerprint density at radius 1 is 1.56 bits per heavy atom. The van der Waals surface area contributed by atoms with Gasteiger partial charge in [-0.2, -0.15) is 0 Å². The zero-order valence-electron chi connectivity index (χ0n) is 9.74. The number of aryl methyl sites for hydroxylation is 1. The van der Waals surface area contributed by atoms with Gasteiger partial charge >= 0.3 is 0 Å². The van der Waals surface area contributed by atoms with E-state index in [9.17, 15) is 9.18 Å². The SMILES string of the molecule is Cc1nc(CC(=O)Nc2cc(F)ccc2N)cs1. The van der Waals surface area contributed by atoms with Crippen LogP contribution in [0.25, 0.3) is 0 Å². The van der Waals surface area contributed by atoms with Crippen LogP contribution >= 0.6 is 11.3 Å². The van der Waals surface area contributed by atoms with Crippen LogP contribution in [0.1, 0.15) is 10.7 Å². The highest BCUT2D eigenvalue weighted by Crippen LogP contribution is 2.19. The van der Waals surface area contributed by atoms with Crippen molar-refractivity contribution in [2.24, 2.45) is 0 Å². The van der Waals surface area contributed by atoms with Gasteiger partial charge in [0.25, 0.3) is 0 Å². The minimum Gasteiger partial charge on any atom is -0.397 e. The highest BCUT2D eigenvalue weighted by atomic mass is 32.1. The van der Waals surface area contributed by atoms with Crippen molar-refractivity contribution in [3.8, 4) is 0 Å². The average molecular weight is 265 g/mol. The van der Waals surface area contributed by atoms with Gasteiger partial charge in [-0.05, 0) is 25.1 Å². The van der Waals surface area contributed by atoms with Gasteiger partial charge in [-0.3, -0.25) is 4.79 Å². The number of hydrogen-bond acceptors (Lipinski definition) is 4. The van der Waals surface area contributed by atoms with Crippen molar-refractivity contribution in [2.75, 3.05) is 11.1 Å². The van der Waals surface area contributed by atoms with Crippen LogP contribution < -0.4 is 11.1 Å². The first-order valence-corrected chi connectivity index (χ1v) is 6.18. The number of benzene rings is 1. The molecular formula is C12H12FN3OS. The van der Waals surface area contributed by atoms with Crippen LogP contribution in [-0.2, 0) is 11.2 Å². The van der Waals surface area contributed by atoms with E-state index in [4.69, 9.17) is 5.73 Å². The fourth-order valence-electron chi connectivity index (χ4n) is 1.49. The van der Waals surface area contributed by atoms with Crippen LogP contribution in [0.2, 0.25) is 0 Å². The second-order valence-electron chi connectivity index (χ2n) is 3.81. The number of nitrogens with zero attached hydrogens (tertiary/aromatic N) is 1. The molecule has 0 aliphatic rings. The predicted octanol–water partition coefficient (Wildman–Crippen LogP) is 2.35. The minimum absolute atomic E-state index is 0.153. The Kier molecular flexibility index (Phi) is 3.57. The van der Waals surface area contributed by atoms with E-state index in [-0.39, 0.29) is 18.0 Å². The summed E-state index contributed by atoms with van der Waals surface area (Å²) in [4.78, 5) is 15.9. The standard InChI is InChI=1S/C12H12FN3OS/c1-7-15-9(6-18-7)5-12(17)16-11-4-8(13)2-3-10(11)14/h2-4,6H,5,14H2,1H3,(H,16,17). The second-order valence-corrected chi connectivity index (χ2v) is 4.88. The third-order valence-electron chi connectivity index (χ3n) is 2.30. The molecule has 2 aromatic rings. The van der Waals surface area contributed by atoms with E-state index >= 15 is 0 Å². The highest BCUT2D eigenvalue weighted by Gasteiger charge is 2.09. The topological polar surface area (TPSA) is 68.0 Å². The number of hydrogen-bond donors (Lipinski definition) is 2. The molecule has 0 aliphatic carbocycles. The first-order valence-electron chi connectivity index (χ1n) is 5.30. The molecule has 2 rings (SSSR count). The van der Waals surface area contributed by atoms with Crippen molar-refractivity contribution in [3.63, 3.8) is 0 Å². The number of anilines is 2. The van der Waals surface area contributed by atoms with Gasteiger partial charge in [-0.15, -0.1) is 11.3 Å². The van der Waals surface area contributed by atoms with E-state index in [0.717, 1.165) is 5.01 Å². The number of thiazole rings is 1. The molecule has 0 aliphatic heterocycles. The molecular weight excluding hydrogens is 253 g/mol. The molecule has 0 saturated carbocycles. The van der Waals surface area contributed by atoms with Crippen LogP contribution in [0.5, 0.6) is 0 Å². The second kappa shape index (κ2) is 5.14. The number of carbonyl (C=O) groups is 1. The Morgan fingerprint density at radius 2 is 2.33 bits per heavy atom. The molecule has 1 amide bonds. The molecule has 6 heteroatoms. The normalized spacial score (nSPS) is 10.3. The van der Waals surface area contributed by atoms with Gasteiger partial charge in [0.15, 0.2) is 0 Å². The summed E-state index contributed by atoms with van der Waals surface area (Å²) in [7, 11) is 0. The first kappa shape index (κ1) is 12.5. The number of halogens is 1. The summed E-state index contributed by atoms with van der Waals surface area (Å²) >= 11 is 1.48. The van der Waals surface area contributed by atoms with Gasteiger partial charge in [0.1, 0.15) is 5.82 Å². The molecule has 0 spiro atoms. The summed E-state index contributed by atoms with van der Waals surface area (Å²) in [6.45, 7) is 1.87. The van der Waals surface area contributed by atoms with Crippen LogP contribution in [0.4, 0.5) is 15.8 Å². The van der Waals surface area contributed by atoms with Crippen molar-refractivity contribution in [3.05, 3.63) is 40.1 Å². The number of nitrogens with two attached hydrogens (primary N) is 1. The third kappa shape index (κ3) is 3.04. The molecule has 1 aromatic heterocycles. The van der Waals surface area contributed by atoms with Crippen molar-refractivity contribution >= 4 is 28.6 Å². The summed E-state index contributed by atoms with van der Waals surface area (Å²) < 4.78 is 13.0. The van der Waals surface area contributed by atoms with Crippen LogP contribution in [0.15, 0.2) is 23.6 Å². The maximum Gasteiger partial charge on any atom is 0.230 e. The quantitative estimate of drug-likeness (QED) is 0.837. The van der Waals surface area contributed by atoms with E-state index in [1.165, 1.54) is 29.5 Å². The van der Waals surface area contributed by atoms with Gasteiger partial charge < -0.3 is 11.1 Å². The highest BCUT2D eigenvalue weighted by molar-refractivity contribution is 7.09. The lowest BCUT2D eigenvalue weighted by Gasteiger charge is -2.07. The molecule has 0 fully saturated rings. The maximum atomic E-state index is 13.0. The zero-order chi connectivity index (χ0) is 13.1. The molecule has 1 heterocycles. The minimum atomic E-state index is -0.441.